The molecule has 1 aromatic rings. The highest BCUT2D eigenvalue weighted by atomic mass is 16.6. The number of benzene rings is 1. The van der Waals surface area contributed by atoms with Crippen molar-refractivity contribution >= 4 is 6.09 Å². The smallest absolute Gasteiger partial charge is 0.410 e. The molecule has 23 heavy (non-hydrogen) atoms. The molecule has 1 aromatic carbocycles. The van der Waals surface area contributed by atoms with Gasteiger partial charge in [0.1, 0.15) is 5.75 Å². The molecule has 2 fully saturated rings. The zero-order valence-corrected chi connectivity index (χ0v) is 13.8. The molecule has 0 radical (unpaired) electrons. The minimum atomic E-state index is -0.154. The number of hydrogen-bond acceptors (Lipinski definition) is 3. The summed E-state index contributed by atoms with van der Waals surface area (Å²) >= 11 is 0. The summed E-state index contributed by atoms with van der Waals surface area (Å²) in [6.45, 7) is 3.07. The first kappa shape index (κ1) is 14.9. The molecular formula is C19H25NO3. The lowest BCUT2D eigenvalue weighted by molar-refractivity contribution is -0.0110. The van der Waals surface area contributed by atoms with E-state index in [-0.39, 0.29) is 17.6 Å². The van der Waals surface area contributed by atoms with Gasteiger partial charge in [0.25, 0.3) is 0 Å². The van der Waals surface area contributed by atoms with Crippen LogP contribution >= 0.6 is 0 Å². The van der Waals surface area contributed by atoms with Crippen LogP contribution in [0.2, 0.25) is 0 Å². The van der Waals surface area contributed by atoms with Crippen molar-refractivity contribution in [1.29, 1.82) is 0 Å². The highest BCUT2D eigenvalue weighted by molar-refractivity contribution is 5.69. The quantitative estimate of drug-likeness (QED) is 0.861. The van der Waals surface area contributed by atoms with Crippen molar-refractivity contribution in [3.8, 4) is 5.75 Å². The van der Waals surface area contributed by atoms with Gasteiger partial charge in [0, 0.05) is 18.0 Å². The molecule has 1 N–H and O–H groups in total. The van der Waals surface area contributed by atoms with Gasteiger partial charge in [0.15, 0.2) is 0 Å². The molecule has 1 saturated heterocycles. The van der Waals surface area contributed by atoms with E-state index >= 15 is 0 Å². The summed E-state index contributed by atoms with van der Waals surface area (Å²) in [7, 11) is 0. The van der Waals surface area contributed by atoms with Gasteiger partial charge in [0.2, 0.25) is 0 Å². The van der Waals surface area contributed by atoms with Crippen molar-refractivity contribution in [3.05, 3.63) is 29.3 Å². The maximum absolute atomic E-state index is 12.4. The number of nitrogens with zero attached hydrogens (tertiary/aromatic N) is 1. The van der Waals surface area contributed by atoms with Gasteiger partial charge in [-0.25, -0.2) is 4.79 Å². The van der Waals surface area contributed by atoms with E-state index in [0.717, 1.165) is 19.4 Å². The number of carbonyl (C=O) groups excluding carboxylic acids is 1. The van der Waals surface area contributed by atoms with E-state index in [1.54, 1.807) is 6.07 Å². The van der Waals surface area contributed by atoms with E-state index in [9.17, 15) is 9.90 Å². The molecule has 0 aromatic heterocycles. The molecule has 3 aliphatic rings. The van der Waals surface area contributed by atoms with Crippen LogP contribution in [0.4, 0.5) is 4.79 Å². The number of ether oxygens (including phenoxy) is 1. The molecule has 0 spiro atoms. The molecule has 4 rings (SSSR count). The Labute approximate surface area is 137 Å². The maximum atomic E-state index is 12.4. The molecule has 0 unspecified atom stereocenters. The average Bonchev–Trinajstić information content (AvgIpc) is 2.56. The van der Waals surface area contributed by atoms with Crippen molar-refractivity contribution in [3.63, 3.8) is 0 Å². The predicted molar refractivity (Wildman–Crippen MR) is 87.6 cm³/mol. The predicted octanol–water partition coefficient (Wildman–Crippen LogP) is 3.61. The van der Waals surface area contributed by atoms with Crippen molar-refractivity contribution in [2.24, 2.45) is 5.92 Å². The molecule has 1 amide bonds. The van der Waals surface area contributed by atoms with Gasteiger partial charge in [-0.3, -0.25) is 0 Å². The zero-order valence-electron chi connectivity index (χ0n) is 13.8. The summed E-state index contributed by atoms with van der Waals surface area (Å²) in [5, 5.41) is 10.00. The zero-order chi connectivity index (χ0) is 16.0. The van der Waals surface area contributed by atoms with E-state index in [2.05, 4.69) is 6.07 Å². The molecule has 4 heteroatoms. The maximum Gasteiger partial charge on any atom is 0.410 e. The Bertz CT molecular complexity index is 629. The average molecular weight is 315 g/mol. The number of phenols is 1. The van der Waals surface area contributed by atoms with E-state index in [1.165, 1.54) is 36.8 Å². The van der Waals surface area contributed by atoms with Crippen LogP contribution in [0, 0.1) is 5.92 Å². The summed E-state index contributed by atoms with van der Waals surface area (Å²) in [6, 6.07) is 6.08. The lowest BCUT2D eigenvalue weighted by Gasteiger charge is -2.58. The number of aromatic hydroxyl groups is 1. The number of amides is 1. The summed E-state index contributed by atoms with van der Waals surface area (Å²) in [4.78, 5) is 14.4. The fraction of sp³-hybridized carbons (Fsp3) is 0.632. The third-order valence-corrected chi connectivity index (χ3v) is 6.32. The highest BCUT2D eigenvalue weighted by Crippen LogP contribution is 2.56. The fourth-order valence-corrected chi connectivity index (χ4v) is 5.43. The Morgan fingerprint density at radius 3 is 3.09 bits per heavy atom. The van der Waals surface area contributed by atoms with Crippen LogP contribution in [0.25, 0.3) is 0 Å². The van der Waals surface area contributed by atoms with Crippen molar-refractivity contribution in [2.75, 3.05) is 13.2 Å². The number of fused-ring (bicyclic) bond motifs is 1. The van der Waals surface area contributed by atoms with Crippen LogP contribution in [-0.2, 0) is 16.6 Å². The number of hydrogen-bond donors (Lipinski definition) is 1. The summed E-state index contributed by atoms with van der Waals surface area (Å²) in [5.41, 5.74) is 2.81. The number of phenolic OH excluding ortho intramolecular Hbond substituents is 1. The van der Waals surface area contributed by atoms with Gasteiger partial charge in [0.05, 0.1) is 6.61 Å². The topological polar surface area (TPSA) is 49.8 Å². The Morgan fingerprint density at radius 2 is 2.26 bits per heavy atom. The third-order valence-electron chi connectivity index (χ3n) is 6.32. The molecule has 2 bridgehead atoms. The molecule has 124 valence electrons. The van der Waals surface area contributed by atoms with E-state index in [4.69, 9.17) is 4.74 Å². The normalized spacial score (nSPS) is 32.0. The van der Waals surface area contributed by atoms with Gasteiger partial charge in [-0.05, 0) is 61.8 Å². The summed E-state index contributed by atoms with van der Waals surface area (Å²) in [5.74, 6) is 0.873. The van der Waals surface area contributed by atoms with E-state index < -0.39 is 0 Å². The standard InChI is InChI=1S/C19H25NO3/c1-2-23-18(22)20-10-9-19-8-4-3-5-15(19)17(20)11-13-6-7-14(21)12-16(13)19/h6-7,12,15,17,21H,2-5,8-11H2,1H3/t15-,17-,19-/m0/s1. The second kappa shape index (κ2) is 5.43. The number of likely N-dealkylation sites (tertiary alicyclic amines) is 1. The van der Waals surface area contributed by atoms with Gasteiger partial charge in [-0.15, -0.1) is 0 Å². The second-order valence-corrected chi connectivity index (χ2v) is 7.26. The molecular weight excluding hydrogens is 290 g/mol. The van der Waals surface area contributed by atoms with Crippen LogP contribution in [-0.4, -0.2) is 35.3 Å². The SMILES string of the molecule is CCOC(=O)N1CC[C@@]23CCCC[C@H]2[C@@H]1Cc1ccc(O)cc13. The largest absolute Gasteiger partial charge is 0.508 e. The molecule has 1 heterocycles. The Morgan fingerprint density at radius 1 is 1.39 bits per heavy atom. The Balaban J connectivity index is 1.78. The van der Waals surface area contributed by atoms with Gasteiger partial charge in [-0.1, -0.05) is 18.9 Å². The second-order valence-electron chi connectivity index (χ2n) is 7.26. The van der Waals surface area contributed by atoms with Crippen LogP contribution in [0.1, 0.15) is 50.2 Å². The Kier molecular flexibility index (Phi) is 3.51. The number of rotatable bonds is 1. The summed E-state index contributed by atoms with van der Waals surface area (Å²) in [6.07, 6.45) is 6.58. The van der Waals surface area contributed by atoms with E-state index in [1.807, 2.05) is 17.9 Å². The van der Waals surface area contributed by atoms with Gasteiger partial charge >= 0.3 is 6.09 Å². The van der Waals surface area contributed by atoms with E-state index in [0.29, 0.717) is 18.3 Å². The number of carbonyl (C=O) groups is 1. The van der Waals surface area contributed by atoms with Gasteiger partial charge < -0.3 is 14.7 Å². The van der Waals surface area contributed by atoms with Crippen LogP contribution in [0.5, 0.6) is 5.75 Å². The lowest BCUT2D eigenvalue weighted by atomic mass is 9.52. The van der Waals surface area contributed by atoms with Crippen LogP contribution in [0.3, 0.4) is 0 Å². The minimum absolute atomic E-state index is 0.151. The Hall–Kier alpha value is -1.71. The molecule has 3 atom stereocenters. The van der Waals surface area contributed by atoms with Crippen LogP contribution in [0.15, 0.2) is 18.2 Å². The first-order valence-electron chi connectivity index (χ1n) is 8.91. The number of piperidine rings is 1. The first-order valence-corrected chi connectivity index (χ1v) is 8.91. The van der Waals surface area contributed by atoms with Gasteiger partial charge in [-0.2, -0.15) is 0 Å². The van der Waals surface area contributed by atoms with Crippen molar-refractivity contribution < 1.29 is 14.6 Å². The first-order chi connectivity index (χ1) is 11.2. The van der Waals surface area contributed by atoms with Crippen molar-refractivity contribution in [1.82, 2.24) is 4.90 Å². The lowest BCUT2D eigenvalue weighted by Crippen LogP contribution is -2.62. The summed E-state index contributed by atoms with van der Waals surface area (Å²) < 4.78 is 5.30. The third kappa shape index (κ3) is 2.14. The van der Waals surface area contributed by atoms with Crippen LogP contribution < -0.4 is 0 Å². The highest BCUT2D eigenvalue weighted by Gasteiger charge is 2.55. The minimum Gasteiger partial charge on any atom is -0.508 e. The monoisotopic (exact) mass is 315 g/mol. The molecule has 1 aliphatic heterocycles. The fourth-order valence-electron chi connectivity index (χ4n) is 5.43. The molecule has 1 saturated carbocycles. The molecule has 4 nitrogen and oxygen atoms in total. The molecule has 2 aliphatic carbocycles. The van der Waals surface area contributed by atoms with Crippen molar-refractivity contribution in [2.45, 2.75) is 56.9 Å².